The lowest BCUT2D eigenvalue weighted by atomic mass is 10.1. The van der Waals surface area contributed by atoms with Crippen LogP contribution in [0.3, 0.4) is 0 Å². The van der Waals surface area contributed by atoms with E-state index in [1.54, 1.807) is 0 Å². The number of aliphatic imine (C=N–C) groups is 1. The molecule has 0 saturated carbocycles. The van der Waals surface area contributed by atoms with E-state index in [-0.39, 0.29) is 0 Å². The Morgan fingerprint density at radius 1 is 1.24 bits per heavy atom. The highest BCUT2D eigenvalue weighted by Gasteiger charge is 2.30. The first-order chi connectivity index (χ1) is 14.3. The molecule has 2 aliphatic rings. The molecule has 3 heterocycles. The third kappa shape index (κ3) is 5.36. The zero-order valence-corrected chi connectivity index (χ0v) is 17.3. The Balaban J connectivity index is 1.38. The highest BCUT2D eigenvalue weighted by atomic mass is 16.5. The van der Waals surface area contributed by atoms with Crippen molar-refractivity contribution in [3.05, 3.63) is 54.1 Å². The average Bonchev–Trinajstić information content (AvgIpc) is 3.44. The van der Waals surface area contributed by atoms with E-state index in [0.29, 0.717) is 12.6 Å². The normalized spacial score (nSPS) is 20.9. The first-order valence-electron chi connectivity index (χ1n) is 10.7. The van der Waals surface area contributed by atoms with Crippen LogP contribution in [0.5, 0.6) is 0 Å². The number of likely N-dealkylation sites (tertiary alicyclic amines) is 1. The van der Waals surface area contributed by atoms with Crippen molar-refractivity contribution < 1.29 is 4.74 Å². The fourth-order valence-corrected chi connectivity index (χ4v) is 4.18. The summed E-state index contributed by atoms with van der Waals surface area (Å²) in [5, 5.41) is 3.49. The summed E-state index contributed by atoms with van der Waals surface area (Å²) in [4.78, 5) is 14.1. The fourth-order valence-electron chi connectivity index (χ4n) is 4.18. The summed E-state index contributed by atoms with van der Waals surface area (Å²) < 4.78 is 7.59. The molecule has 1 N–H and O–H groups in total. The first-order valence-corrected chi connectivity index (χ1v) is 10.7. The van der Waals surface area contributed by atoms with Gasteiger partial charge >= 0.3 is 0 Å². The lowest BCUT2D eigenvalue weighted by Gasteiger charge is -2.32. The molecule has 2 aliphatic heterocycles. The zero-order valence-electron chi connectivity index (χ0n) is 17.3. The van der Waals surface area contributed by atoms with Crippen LogP contribution in [0.25, 0.3) is 0 Å². The van der Waals surface area contributed by atoms with Crippen molar-refractivity contribution in [2.75, 3.05) is 45.9 Å². The summed E-state index contributed by atoms with van der Waals surface area (Å²) in [7, 11) is 0. The van der Waals surface area contributed by atoms with Crippen molar-refractivity contribution in [2.45, 2.75) is 32.5 Å². The van der Waals surface area contributed by atoms with Crippen molar-refractivity contribution in [1.29, 1.82) is 0 Å². The molecule has 2 fully saturated rings. The third-order valence-electron chi connectivity index (χ3n) is 5.69. The second-order valence-corrected chi connectivity index (χ2v) is 7.76. The Kier molecular flexibility index (Phi) is 6.79. The van der Waals surface area contributed by atoms with Crippen LogP contribution in [0.15, 0.2) is 48.0 Å². The van der Waals surface area contributed by atoms with Crippen LogP contribution >= 0.6 is 0 Å². The SMILES string of the molecule is CCNC(=NCc1cccc(Cn2ccnc2)c1)N1CCC(N2CCOCC2)C1. The molecule has 29 heavy (non-hydrogen) atoms. The van der Waals surface area contributed by atoms with E-state index in [1.807, 2.05) is 18.7 Å². The number of guanidine groups is 1. The number of nitrogens with one attached hydrogen (secondary N) is 1. The molecule has 7 heteroatoms. The Morgan fingerprint density at radius 2 is 2.10 bits per heavy atom. The Morgan fingerprint density at radius 3 is 2.90 bits per heavy atom. The van der Waals surface area contributed by atoms with Crippen molar-refractivity contribution in [1.82, 2.24) is 24.7 Å². The van der Waals surface area contributed by atoms with Gasteiger partial charge < -0.3 is 19.5 Å². The summed E-state index contributed by atoms with van der Waals surface area (Å²) in [5.41, 5.74) is 2.51. The van der Waals surface area contributed by atoms with Gasteiger partial charge in [-0.25, -0.2) is 9.98 Å². The van der Waals surface area contributed by atoms with Gasteiger partial charge in [0.05, 0.1) is 26.1 Å². The topological polar surface area (TPSA) is 57.9 Å². The number of imidazole rings is 1. The fraction of sp³-hybridized carbons (Fsp3) is 0.545. The molecule has 7 nitrogen and oxygen atoms in total. The van der Waals surface area contributed by atoms with Gasteiger partial charge in [-0.15, -0.1) is 0 Å². The summed E-state index contributed by atoms with van der Waals surface area (Å²) in [5.74, 6) is 1.03. The Bertz CT molecular complexity index is 784. The van der Waals surface area contributed by atoms with E-state index in [4.69, 9.17) is 9.73 Å². The number of nitrogens with zero attached hydrogens (tertiary/aromatic N) is 5. The maximum Gasteiger partial charge on any atom is 0.194 e. The molecule has 0 bridgehead atoms. The van der Waals surface area contributed by atoms with Gasteiger partial charge in [-0.2, -0.15) is 0 Å². The van der Waals surface area contributed by atoms with Crippen molar-refractivity contribution in [3.63, 3.8) is 0 Å². The predicted octanol–water partition coefficient (Wildman–Crippen LogP) is 1.80. The minimum absolute atomic E-state index is 0.612. The maximum atomic E-state index is 5.51. The molecular formula is C22H32N6O. The standard InChI is InChI=1S/C22H32N6O/c1-2-24-22(28-8-6-21(17-28)27-10-12-29-13-11-27)25-15-19-4-3-5-20(14-19)16-26-9-7-23-18-26/h3-5,7,9,14,18,21H,2,6,8,10-13,15-17H2,1H3,(H,24,25). The number of ether oxygens (including phenoxy) is 1. The van der Waals surface area contributed by atoms with Gasteiger partial charge in [-0.05, 0) is 24.5 Å². The second-order valence-electron chi connectivity index (χ2n) is 7.76. The largest absolute Gasteiger partial charge is 0.379 e. The van der Waals surface area contributed by atoms with Crippen LogP contribution in [0.4, 0.5) is 0 Å². The van der Waals surface area contributed by atoms with Crippen molar-refractivity contribution >= 4 is 5.96 Å². The van der Waals surface area contributed by atoms with E-state index in [1.165, 1.54) is 17.5 Å². The highest BCUT2D eigenvalue weighted by molar-refractivity contribution is 5.80. The van der Waals surface area contributed by atoms with E-state index in [2.05, 4.69) is 55.9 Å². The molecule has 156 valence electrons. The zero-order chi connectivity index (χ0) is 19.9. The molecule has 1 aromatic heterocycles. The maximum absolute atomic E-state index is 5.51. The van der Waals surface area contributed by atoms with Crippen LogP contribution in [-0.2, 0) is 17.8 Å². The van der Waals surface area contributed by atoms with E-state index in [9.17, 15) is 0 Å². The predicted molar refractivity (Wildman–Crippen MR) is 115 cm³/mol. The summed E-state index contributed by atoms with van der Waals surface area (Å²) in [6, 6.07) is 9.29. The van der Waals surface area contributed by atoms with Gasteiger partial charge in [0.25, 0.3) is 0 Å². The molecule has 0 spiro atoms. The minimum atomic E-state index is 0.612. The first kappa shape index (κ1) is 19.9. The molecule has 2 saturated heterocycles. The van der Waals surface area contributed by atoms with E-state index >= 15 is 0 Å². The van der Waals surface area contributed by atoms with E-state index in [0.717, 1.165) is 58.4 Å². The monoisotopic (exact) mass is 396 g/mol. The van der Waals surface area contributed by atoms with Crippen LogP contribution in [-0.4, -0.2) is 77.3 Å². The molecule has 1 aromatic carbocycles. The van der Waals surface area contributed by atoms with Gasteiger partial charge in [0.1, 0.15) is 0 Å². The molecule has 1 unspecified atom stereocenters. The molecule has 0 amide bonds. The van der Waals surface area contributed by atoms with Crippen LogP contribution in [0.2, 0.25) is 0 Å². The molecule has 4 rings (SSSR count). The quantitative estimate of drug-likeness (QED) is 0.596. The molecular weight excluding hydrogens is 364 g/mol. The summed E-state index contributed by atoms with van der Waals surface area (Å²) >= 11 is 0. The van der Waals surface area contributed by atoms with Gasteiger partial charge in [-0.1, -0.05) is 24.3 Å². The minimum Gasteiger partial charge on any atom is -0.379 e. The van der Waals surface area contributed by atoms with Crippen LogP contribution in [0.1, 0.15) is 24.5 Å². The van der Waals surface area contributed by atoms with Crippen LogP contribution in [0, 0.1) is 0 Å². The van der Waals surface area contributed by atoms with Gasteiger partial charge in [0.2, 0.25) is 0 Å². The van der Waals surface area contributed by atoms with Crippen molar-refractivity contribution in [2.24, 2.45) is 4.99 Å². The second kappa shape index (κ2) is 9.89. The number of benzene rings is 1. The van der Waals surface area contributed by atoms with Crippen molar-refractivity contribution in [3.8, 4) is 0 Å². The lowest BCUT2D eigenvalue weighted by molar-refractivity contribution is 0.0195. The van der Waals surface area contributed by atoms with Gasteiger partial charge in [-0.3, -0.25) is 4.90 Å². The molecule has 1 atom stereocenters. The Labute approximate surface area is 173 Å². The lowest BCUT2D eigenvalue weighted by Crippen LogP contribution is -2.46. The van der Waals surface area contributed by atoms with Gasteiger partial charge in [0, 0.05) is 57.7 Å². The smallest absolute Gasteiger partial charge is 0.194 e. The van der Waals surface area contributed by atoms with E-state index < -0.39 is 0 Å². The number of hydrogen-bond donors (Lipinski definition) is 1. The third-order valence-corrected chi connectivity index (χ3v) is 5.69. The number of hydrogen-bond acceptors (Lipinski definition) is 4. The summed E-state index contributed by atoms with van der Waals surface area (Å²) in [6.07, 6.45) is 6.86. The molecule has 0 radical (unpaired) electrons. The van der Waals surface area contributed by atoms with Gasteiger partial charge in [0.15, 0.2) is 5.96 Å². The molecule has 0 aliphatic carbocycles. The number of aromatic nitrogens is 2. The Hall–Kier alpha value is -2.38. The number of rotatable bonds is 6. The summed E-state index contributed by atoms with van der Waals surface area (Å²) in [6.45, 7) is 10.5. The average molecular weight is 397 g/mol. The molecule has 2 aromatic rings. The van der Waals surface area contributed by atoms with Crippen LogP contribution < -0.4 is 5.32 Å². The number of morpholine rings is 1. The highest BCUT2D eigenvalue weighted by Crippen LogP contribution is 2.17.